The van der Waals surface area contributed by atoms with Gasteiger partial charge in [-0.05, 0) is 57.6 Å². The number of benzene rings is 5. The van der Waals surface area contributed by atoms with Crippen molar-refractivity contribution in [3.63, 3.8) is 0 Å². The van der Waals surface area contributed by atoms with Crippen molar-refractivity contribution in [2.75, 3.05) is 5.75 Å². The van der Waals surface area contributed by atoms with Gasteiger partial charge in [0.2, 0.25) is 0 Å². The lowest BCUT2D eigenvalue weighted by Gasteiger charge is -2.36. The van der Waals surface area contributed by atoms with Gasteiger partial charge >= 0.3 is 12.0 Å². The topological polar surface area (TPSA) is 117 Å². The van der Waals surface area contributed by atoms with Gasteiger partial charge in [-0.2, -0.15) is 0 Å². The van der Waals surface area contributed by atoms with E-state index in [4.69, 9.17) is 9.47 Å². The minimum Gasteiger partial charge on any atom is -0.478 e. The van der Waals surface area contributed by atoms with Gasteiger partial charge in [0.1, 0.15) is 0 Å². The van der Waals surface area contributed by atoms with Gasteiger partial charge in [0.05, 0.1) is 24.4 Å². The van der Waals surface area contributed by atoms with Gasteiger partial charge in [-0.15, -0.1) is 11.8 Å². The molecule has 0 spiro atoms. The molecule has 5 aromatic carbocycles. The molecule has 0 saturated carbocycles. The maximum atomic E-state index is 12.4. The van der Waals surface area contributed by atoms with E-state index < -0.39 is 12.3 Å². The van der Waals surface area contributed by atoms with Crippen LogP contribution in [0.3, 0.4) is 0 Å². The number of hydrogen-bond acceptors (Lipinski definition) is 6. The standard InChI is InChI=1S/C40H38N2O6S/c43-25-28-16-18-30(19-17-28)36-22-34(26-49-37-15-5-4-14-35(37)38(44)45)47-39(48-36)33-13-7-12-32(21-33)31-11-6-10-29(20-31)24-42-40(46)41-23-27-8-2-1-3-9-27/h1-21,34,36,39,43H,22-26H2,(H,44,45)(H2,41,42,46)/t34-,36+,39+/m0/s1. The highest BCUT2D eigenvalue weighted by atomic mass is 32.2. The van der Waals surface area contributed by atoms with Crippen LogP contribution in [0.5, 0.6) is 0 Å². The van der Waals surface area contributed by atoms with Crippen molar-refractivity contribution in [2.24, 2.45) is 0 Å². The average molecular weight is 675 g/mol. The summed E-state index contributed by atoms with van der Waals surface area (Å²) in [7, 11) is 0. The fraction of sp³-hybridized carbons (Fsp3) is 0.200. The summed E-state index contributed by atoms with van der Waals surface area (Å²) in [5, 5.41) is 25.1. The molecule has 3 atom stereocenters. The molecule has 1 saturated heterocycles. The summed E-state index contributed by atoms with van der Waals surface area (Å²) < 4.78 is 13.1. The summed E-state index contributed by atoms with van der Waals surface area (Å²) in [6.45, 7) is 0.796. The van der Waals surface area contributed by atoms with Crippen LogP contribution in [0.2, 0.25) is 0 Å². The minimum absolute atomic E-state index is 0.0364. The predicted octanol–water partition coefficient (Wildman–Crippen LogP) is 7.88. The van der Waals surface area contributed by atoms with E-state index in [-0.39, 0.29) is 30.4 Å². The molecule has 0 radical (unpaired) electrons. The first kappa shape index (κ1) is 34.0. The Morgan fingerprint density at radius 3 is 2.12 bits per heavy atom. The largest absolute Gasteiger partial charge is 0.478 e. The van der Waals surface area contributed by atoms with Crippen LogP contribution in [-0.4, -0.2) is 34.1 Å². The Morgan fingerprint density at radius 2 is 1.37 bits per heavy atom. The van der Waals surface area contributed by atoms with E-state index in [0.29, 0.717) is 30.2 Å². The molecular weight excluding hydrogens is 637 g/mol. The van der Waals surface area contributed by atoms with Crippen LogP contribution >= 0.6 is 11.8 Å². The number of aliphatic hydroxyl groups is 1. The Morgan fingerprint density at radius 1 is 0.694 bits per heavy atom. The van der Waals surface area contributed by atoms with Crippen LogP contribution in [0, 0.1) is 0 Å². The third-order valence-electron chi connectivity index (χ3n) is 8.33. The highest BCUT2D eigenvalue weighted by molar-refractivity contribution is 7.99. The van der Waals surface area contributed by atoms with Crippen molar-refractivity contribution in [1.29, 1.82) is 0 Å². The van der Waals surface area contributed by atoms with E-state index in [1.54, 1.807) is 12.1 Å². The SMILES string of the molecule is O=C(NCc1ccccc1)NCc1cccc(-c2cccc([C@@H]3O[C@H](CSc4ccccc4C(=O)O)C[C@H](c4ccc(CO)cc4)O3)c2)c1. The molecule has 1 heterocycles. The van der Waals surface area contributed by atoms with Gasteiger partial charge in [-0.3, -0.25) is 0 Å². The van der Waals surface area contributed by atoms with E-state index in [1.165, 1.54) is 11.8 Å². The number of aromatic carboxylic acids is 1. The van der Waals surface area contributed by atoms with Crippen LogP contribution in [0.4, 0.5) is 4.79 Å². The summed E-state index contributed by atoms with van der Waals surface area (Å²) in [6.07, 6.45) is -0.558. The zero-order valence-corrected chi connectivity index (χ0v) is 27.6. The molecule has 2 amide bonds. The molecule has 49 heavy (non-hydrogen) atoms. The van der Waals surface area contributed by atoms with Crippen molar-refractivity contribution in [3.05, 3.63) is 161 Å². The summed E-state index contributed by atoms with van der Waals surface area (Å²) in [6, 6.07) is 40.4. The minimum atomic E-state index is -0.960. The molecule has 250 valence electrons. The number of urea groups is 1. The molecular formula is C40H38N2O6S. The fourth-order valence-corrected chi connectivity index (χ4v) is 6.79. The number of carbonyl (C=O) groups is 2. The second-order valence-corrected chi connectivity index (χ2v) is 12.9. The van der Waals surface area contributed by atoms with Gasteiger partial charge in [0, 0.05) is 35.7 Å². The molecule has 6 rings (SSSR count). The Bertz CT molecular complexity index is 1870. The molecule has 1 aliphatic rings. The van der Waals surface area contributed by atoms with Crippen LogP contribution in [0.25, 0.3) is 11.1 Å². The number of aliphatic hydroxyl groups excluding tert-OH is 1. The number of carboxylic acid groups (broad SMARTS) is 1. The van der Waals surface area contributed by atoms with Gasteiger partial charge in [0.25, 0.3) is 0 Å². The van der Waals surface area contributed by atoms with Crippen LogP contribution in [-0.2, 0) is 29.2 Å². The Labute approximate surface area is 290 Å². The Hall–Kier alpha value is -4.93. The molecule has 4 N–H and O–H groups in total. The second-order valence-electron chi connectivity index (χ2n) is 11.8. The average Bonchev–Trinajstić information content (AvgIpc) is 3.16. The molecule has 1 aliphatic heterocycles. The predicted molar refractivity (Wildman–Crippen MR) is 190 cm³/mol. The molecule has 0 bridgehead atoms. The summed E-state index contributed by atoms with van der Waals surface area (Å²) >= 11 is 1.46. The quantitative estimate of drug-likeness (QED) is 0.0995. The lowest BCUT2D eigenvalue weighted by Crippen LogP contribution is -2.34. The number of ether oxygens (including phenoxy) is 2. The Kier molecular flexibility index (Phi) is 11.4. The zero-order valence-electron chi connectivity index (χ0n) is 26.8. The van der Waals surface area contributed by atoms with Crippen LogP contribution < -0.4 is 10.6 Å². The summed E-state index contributed by atoms with van der Waals surface area (Å²) in [5.41, 5.74) is 6.91. The number of amides is 2. The van der Waals surface area contributed by atoms with E-state index in [2.05, 4.69) is 22.8 Å². The number of rotatable bonds is 12. The molecule has 0 aromatic heterocycles. The van der Waals surface area contributed by atoms with Crippen molar-refractivity contribution in [1.82, 2.24) is 10.6 Å². The van der Waals surface area contributed by atoms with E-state index >= 15 is 0 Å². The highest BCUT2D eigenvalue weighted by Gasteiger charge is 2.32. The maximum Gasteiger partial charge on any atom is 0.336 e. The lowest BCUT2D eigenvalue weighted by molar-refractivity contribution is -0.245. The molecule has 0 unspecified atom stereocenters. The fourth-order valence-electron chi connectivity index (χ4n) is 5.72. The highest BCUT2D eigenvalue weighted by Crippen LogP contribution is 2.40. The van der Waals surface area contributed by atoms with Crippen molar-refractivity contribution >= 4 is 23.8 Å². The van der Waals surface area contributed by atoms with Crippen LogP contribution in [0.1, 0.15) is 57.0 Å². The first-order valence-electron chi connectivity index (χ1n) is 16.2. The first-order chi connectivity index (χ1) is 23.9. The van der Waals surface area contributed by atoms with E-state index in [1.807, 2.05) is 103 Å². The molecule has 9 heteroatoms. The Balaban J connectivity index is 1.17. The van der Waals surface area contributed by atoms with Crippen molar-refractivity contribution in [3.8, 4) is 11.1 Å². The summed E-state index contributed by atoms with van der Waals surface area (Å²) in [5.74, 6) is -0.415. The van der Waals surface area contributed by atoms with Gasteiger partial charge in [-0.1, -0.05) is 103 Å². The van der Waals surface area contributed by atoms with E-state index in [0.717, 1.165) is 38.9 Å². The number of carboxylic acids is 1. The third kappa shape index (κ3) is 9.16. The van der Waals surface area contributed by atoms with Crippen molar-refractivity contribution < 1.29 is 29.3 Å². The second kappa shape index (κ2) is 16.5. The normalized spacial score (nSPS) is 17.3. The number of hydrogen-bond donors (Lipinski definition) is 4. The third-order valence-corrected chi connectivity index (χ3v) is 9.53. The smallest absolute Gasteiger partial charge is 0.336 e. The number of thioether (sulfide) groups is 1. The summed E-state index contributed by atoms with van der Waals surface area (Å²) in [4.78, 5) is 24.9. The first-order valence-corrected chi connectivity index (χ1v) is 17.1. The number of carbonyl (C=O) groups excluding carboxylic acids is 1. The van der Waals surface area contributed by atoms with Crippen LogP contribution in [0.15, 0.2) is 132 Å². The lowest BCUT2D eigenvalue weighted by atomic mass is 9.99. The maximum absolute atomic E-state index is 12.4. The molecule has 0 aliphatic carbocycles. The van der Waals surface area contributed by atoms with Gasteiger partial charge in [0.15, 0.2) is 6.29 Å². The molecule has 8 nitrogen and oxygen atoms in total. The number of nitrogens with one attached hydrogen (secondary N) is 2. The molecule has 5 aromatic rings. The van der Waals surface area contributed by atoms with Gasteiger partial charge < -0.3 is 30.3 Å². The zero-order chi connectivity index (χ0) is 34.0. The molecule has 1 fully saturated rings. The van der Waals surface area contributed by atoms with Gasteiger partial charge in [-0.25, -0.2) is 9.59 Å². The van der Waals surface area contributed by atoms with E-state index in [9.17, 15) is 19.8 Å². The monoisotopic (exact) mass is 674 g/mol. The van der Waals surface area contributed by atoms with Crippen molar-refractivity contribution in [2.45, 2.75) is 49.5 Å².